The summed E-state index contributed by atoms with van der Waals surface area (Å²) in [5, 5.41) is 7.83. The van der Waals surface area contributed by atoms with E-state index in [0.29, 0.717) is 24.5 Å². The summed E-state index contributed by atoms with van der Waals surface area (Å²) in [7, 11) is -3.50. The molecule has 1 aliphatic heterocycles. The van der Waals surface area contributed by atoms with Crippen LogP contribution in [-0.2, 0) is 26.2 Å². The van der Waals surface area contributed by atoms with Gasteiger partial charge in [0, 0.05) is 24.7 Å². The van der Waals surface area contributed by atoms with E-state index in [4.69, 9.17) is 9.15 Å². The maximum Gasteiger partial charge on any atom is 0.331 e. The predicted molar refractivity (Wildman–Crippen MR) is 122 cm³/mol. The highest BCUT2D eigenvalue weighted by atomic mass is 32.2. The molecule has 0 bridgehead atoms. The lowest BCUT2D eigenvalue weighted by atomic mass is 10.2. The van der Waals surface area contributed by atoms with Crippen molar-refractivity contribution >= 4 is 22.1 Å². The number of hydrogen-bond donors (Lipinski definition) is 0. The van der Waals surface area contributed by atoms with Crippen LogP contribution in [0.3, 0.4) is 0 Å². The standard InChI is InChI=1S/C24H25N3O5S/c28-23(31-18-22-25-26-24(32-22)20-8-4-3-5-9-20)15-12-19-10-13-21(14-11-19)33(29,30)27-16-6-1-2-7-17-27/h3-5,8-15H,1-2,6-7,16-18H2/b15-12+. The molecule has 1 fully saturated rings. The molecule has 2 heterocycles. The minimum atomic E-state index is -3.50. The first-order chi connectivity index (χ1) is 16.0. The van der Waals surface area contributed by atoms with E-state index < -0.39 is 16.0 Å². The molecular formula is C24H25N3O5S. The van der Waals surface area contributed by atoms with E-state index >= 15 is 0 Å². The summed E-state index contributed by atoms with van der Waals surface area (Å²) in [6.07, 6.45) is 6.73. The maximum atomic E-state index is 12.8. The molecule has 0 N–H and O–H groups in total. The average molecular weight is 468 g/mol. The fraction of sp³-hybridized carbons (Fsp3) is 0.292. The fourth-order valence-corrected chi connectivity index (χ4v) is 5.05. The number of nitrogens with zero attached hydrogens (tertiary/aromatic N) is 3. The van der Waals surface area contributed by atoms with E-state index in [9.17, 15) is 13.2 Å². The van der Waals surface area contributed by atoms with Gasteiger partial charge in [0.25, 0.3) is 5.89 Å². The van der Waals surface area contributed by atoms with Gasteiger partial charge in [-0.25, -0.2) is 13.2 Å². The third kappa shape index (κ3) is 5.94. The van der Waals surface area contributed by atoms with E-state index in [0.717, 1.165) is 31.2 Å². The Morgan fingerprint density at radius 3 is 2.36 bits per heavy atom. The Morgan fingerprint density at radius 1 is 0.970 bits per heavy atom. The van der Waals surface area contributed by atoms with E-state index in [1.54, 1.807) is 34.6 Å². The van der Waals surface area contributed by atoms with Gasteiger partial charge in [0.1, 0.15) is 0 Å². The molecule has 4 rings (SSSR count). The maximum absolute atomic E-state index is 12.8. The van der Waals surface area contributed by atoms with Gasteiger partial charge in [0.15, 0.2) is 6.61 Å². The van der Waals surface area contributed by atoms with Crippen LogP contribution in [-0.4, -0.2) is 42.0 Å². The molecule has 1 saturated heterocycles. The van der Waals surface area contributed by atoms with Gasteiger partial charge in [0.2, 0.25) is 15.9 Å². The van der Waals surface area contributed by atoms with Gasteiger partial charge in [-0.2, -0.15) is 4.31 Å². The second-order valence-electron chi connectivity index (χ2n) is 7.70. The van der Waals surface area contributed by atoms with Crippen molar-refractivity contribution < 1.29 is 22.4 Å². The zero-order valence-corrected chi connectivity index (χ0v) is 18.9. The topological polar surface area (TPSA) is 103 Å². The second kappa shape index (κ2) is 10.5. The van der Waals surface area contributed by atoms with Crippen LogP contribution < -0.4 is 0 Å². The summed E-state index contributed by atoms with van der Waals surface area (Å²) < 4.78 is 37.9. The Bertz CT molecular complexity index is 1200. The molecule has 1 aromatic heterocycles. The van der Waals surface area contributed by atoms with Gasteiger partial charge in [-0.1, -0.05) is 43.2 Å². The van der Waals surface area contributed by atoms with Crippen molar-refractivity contribution in [2.45, 2.75) is 37.2 Å². The first-order valence-electron chi connectivity index (χ1n) is 10.9. The third-order valence-corrected chi connectivity index (χ3v) is 7.23. The molecule has 0 atom stereocenters. The normalized spacial score (nSPS) is 15.4. The molecule has 0 saturated carbocycles. The first-order valence-corrected chi connectivity index (χ1v) is 12.3. The van der Waals surface area contributed by atoms with Crippen molar-refractivity contribution in [3.05, 3.63) is 72.1 Å². The lowest BCUT2D eigenvalue weighted by Crippen LogP contribution is -2.31. The van der Waals surface area contributed by atoms with Crippen molar-refractivity contribution in [3.63, 3.8) is 0 Å². The number of ether oxygens (including phenoxy) is 1. The number of aromatic nitrogens is 2. The minimum absolute atomic E-state index is 0.143. The highest BCUT2D eigenvalue weighted by Crippen LogP contribution is 2.21. The summed E-state index contributed by atoms with van der Waals surface area (Å²) in [5.74, 6) is -0.0261. The number of carbonyl (C=O) groups is 1. The zero-order valence-electron chi connectivity index (χ0n) is 18.1. The van der Waals surface area contributed by atoms with Crippen LogP contribution in [0.25, 0.3) is 17.5 Å². The lowest BCUT2D eigenvalue weighted by molar-refractivity contribution is -0.139. The van der Waals surface area contributed by atoms with Crippen LogP contribution in [0.5, 0.6) is 0 Å². The third-order valence-electron chi connectivity index (χ3n) is 5.32. The van der Waals surface area contributed by atoms with E-state index in [-0.39, 0.29) is 17.4 Å². The van der Waals surface area contributed by atoms with Crippen molar-refractivity contribution in [3.8, 4) is 11.5 Å². The van der Waals surface area contributed by atoms with E-state index in [2.05, 4.69) is 10.2 Å². The molecule has 33 heavy (non-hydrogen) atoms. The SMILES string of the molecule is O=C(/C=C/c1ccc(S(=O)(=O)N2CCCCCC2)cc1)OCc1nnc(-c2ccccc2)o1. The van der Waals surface area contributed by atoms with E-state index in [1.165, 1.54) is 6.08 Å². The van der Waals surface area contributed by atoms with Crippen molar-refractivity contribution in [2.75, 3.05) is 13.1 Å². The zero-order chi connectivity index (χ0) is 23.1. The van der Waals surface area contributed by atoms with Gasteiger partial charge in [-0.05, 0) is 48.7 Å². The molecule has 2 aromatic carbocycles. The van der Waals surface area contributed by atoms with Gasteiger partial charge in [-0.15, -0.1) is 10.2 Å². The van der Waals surface area contributed by atoms with Crippen LogP contribution in [0.2, 0.25) is 0 Å². The van der Waals surface area contributed by atoms with Crippen LogP contribution >= 0.6 is 0 Å². The Hall–Kier alpha value is -3.30. The number of benzene rings is 2. The molecule has 0 aliphatic carbocycles. The van der Waals surface area contributed by atoms with Gasteiger partial charge in [-0.3, -0.25) is 0 Å². The van der Waals surface area contributed by atoms with E-state index in [1.807, 2.05) is 30.3 Å². The molecule has 0 spiro atoms. The van der Waals surface area contributed by atoms with Crippen molar-refractivity contribution in [1.29, 1.82) is 0 Å². The Kier molecular flexibility index (Phi) is 7.31. The fourth-order valence-electron chi connectivity index (χ4n) is 3.54. The molecule has 0 unspecified atom stereocenters. The predicted octanol–water partition coefficient (Wildman–Crippen LogP) is 4.06. The quantitative estimate of drug-likeness (QED) is 0.381. The number of sulfonamides is 1. The smallest absolute Gasteiger partial charge is 0.331 e. The highest BCUT2D eigenvalue weighted by molar-refractivity contribution is 7.89. The molecule has 3 aromatic rings. The number of esters is 1. The molecule has 172 valence electrons. The summed E-state index contributed by atoms with van der Waals surface area (Å²) in [4.78, 5) is 12.3. The number of carbonyl (C=O) groups excluding carboxylic acids is 1. The summed E-state index contributed by atoms with van der Waals surface area (Å²) in [6, 6.07) is 15.8. The molecule has 9 heteroatoms. The lowest BCUT2D eigenvalue weighted by Gasteiger charge is -2.19. The average Bonchev–Trinajstić information content (AvgIpc) is 3.14. The monoisotopic (exact) mass is 467 g/mol. The van der Waals surface area contributed by atoms with Gasteiger partial charge in [0.05, 0.1) is 4.90 Å². The van der Waals surface area contributed by atoms with Crippen molar-refractivity contribution in [2.24, 2.45) is 0 Å². The number of hydrogen-bond acceptors (Lipinski definition) is 7. The van der Waals surface area contributed by atoms with Crippen LogP contribution in [0.15, 0.2) is 70.0 Å². The Morgan fingerprint density at radius 2 is 1.67 bits per heavy atom. The molecule has 1 aliphatic rings. The number of rotatable bonds is 7. The van der Waals surface area contributed by atoms with Gasteiger partial charge < -0.3 is 9.15 Å². The summed E-state index contributed by atoms with van der Waals surface area (Å²) in [5.41, 5.74) is 1.47. The molecule has 8 nitrogen and oxygen atoms in total. The summed E-state index contributed by atoms with van der Waals surface area (Å²) in [6.45, 7) is 0.974. The van der Waals surface area contributed by atoms with Gasteiger partial charge >= 0.3 is 5.97 Å². The minimum Gasteiger partial charge on any atom is -0.452 e. The molecular weight excluding hydrogens is 442 g/mol. The van der Waals surface area contributed by atoms with Crippen LogP contribution in [0.4, 0.5) is 0 Å². The Balaban J connectivity index is 1.31. The van der Waals surface area contributed by atoms with Crippen molar-refractivity contribution in [1.82, 2.24) is 14.5 Å². The largest absolute Gasteiger partial charge is 0.452 e. The first kappa shape index (κ1) is 22.9. The summed E-state index contributed by atoms with van der Waals surface area (Å²) >= 11 is 0. The van der Waals surface area contributed by atoms with Crippen LogP contribution in [0.1, 0.15) is 37.1 Å². The second-order valence-corrected chi connectivity index (χ2v) is 9.63. The Labute approximate surface area is 192 Å². The van der Waals surface area contributed by atoms with Crippen LogP contribution in [0, 0.1) is 0 Å². The highest BCUT2D eigenvalue weighted by Gasteiger charge is 2.24. The molecule has 0 amide bonds. The molecule has 0 radical (unpaired) electrons.